The van der Waals surface area contributed by atoms with E-state index >= 15 is 0 Å². The summed E-state index contributed by atoms with van der Waals surface area (Å²) in [4.78, 5) is 18.0. The topological polar surface area (TPSA) is 60.5 Å². The third-order valence-electron chi connectivity index (χ3n) is 6.84. The Hall–Kier alpha value is -2.90. The van der Waals surface area contributed by atoms with Gasteiger partial charge in [0.05, 0.1) is 30.0 Å². The summed E-state index contributed by atoms with van der Waals surface area (Å²) in [6.45, 7) is 4.78. The van der Waals surface area contributed by atoms with Crippen molar-refractivity contribution in [2.24, 2.45) is 0 Å². The third-order valence-corrected chi connectivity index (χ3v) is 7.71. The van der Waals surface area contributed by atoms with Gasteiger partial charge >= 0.3 is 6.09 Å². The number of nitrogens with one attached hydrogen (secondary N) is 1. The van der Waals surface area contributed by atoms with Crippen LogP contribution in [0.15, 0.2) is 66.2 Å². The van der Waals surface area contributed by atoms with Gasteiger partial charge < -0.3 is 14.0 Å². The summed E-state index contributed by atoms with van der Waals surface area (Å²) in [7, 11) is 0. The van der Waals surface area contributed by atoms with Gasteiger partial charge in [0.25, 0.3) is 0 Å². The summed E-state index contributed by atoms with van der Waals surface area (Å²) in [5.41, 5.74) is 2.44. The molecule has 6 rings (SSSR count). The Morgan fingerprint density at radius 1 is 1.00 bits per heavy atom. The average molecular weight is 451 g/mol. The van der Waals surface area contributed by atoms with Crippen LogP contribution < -0.4 is 10.1 Å². The van der Waals surface area contributed by atoms with E-state index in [2.05, 4.69) is 10.3 Å². The highest BCUT2D eigenvalue weighted by atomic mass is 32.1. The average Bonchev–Trinajstić information content (AvgIpc) is 3.29. The monoisotopic (exact) mass is 450 g/mol. The maximum Gasteiger partial charge on any atom is 0.413 e. The summed E-state index contributed by atoms with van der Waals surface area (Å²) in [5.74, 6) is 1.49. The molecular weight excluding hydrogens is 422 g/mol. The van der Waals surface area contributed by atoms with E-state index in [1.807, 2.05) is 60.7 Å². The van der Waals surface area contributed by atoms with E-state index in [4.69, 9.17) is 9.47 Å². The normalized spacial score (nSPS) is 24.1. The summed E-state index contributed by atoms with van der Waals surface area (Å²) in [5, 5.41) is 2.89. The number of anilines is 1. The van der Waals surface area contributed by atoms with Crippen LogP contribution in [0.25, 0.3) is 10.4 Å². The van der Waals surface area contributed by atoms with Crippen molar-refractivity contribution in [1.29, 1.82) is 0 Å². The highest BCUT2D eigenvalue weighted by molar-refractivity contribution is 7.13. The van der Waals surface area contributed by atoms with Gasteiger partial charge in [0, 0.05) is 19.3 Å². The van der Waals surface area contributed by atoms with E-state index in [0.29, 0.717) is 12.4 Å². The van der Waals surface area contributed by atoms with Gasteiger partial charge in [0.15, 0.2) is 5.82 Å². The number of amides is 1. The van der Waals surface area contributed by atoms with Gasteiger partial charge in [-0.25, -0.2) is 9.78 Å². The fourth-order valence-electron chi connectivity index (χ4n) is 4.84. The quantitative estimate of drug-likeness (QED) is 0.503. The number of piperidine rings is 3. The molecule has 0 spiro atoms. The van der Waals surface area contributed by atoms with Gasteiger partial charge in [-0.05, 0) is 17.7 Å². The minimum absolute atomic E-state index is 0.354. The molecule has 4 heterocycles. The molecule has 166 valence electrons. The Morgan fingerprint density at radius 3 is 2.34 bits per heavy atom. The largest absolute Gasteiger partial charge is 0.488 e. The number of aromatic nitrogens is 1. The smallest absolute Gasteiger partial charge is 0.413 e. The van der Waals surface area contributed by atoms with Crippen molar-refractivity contribution >= 4 is 23.2 Å². The zero-order chi connectivity index (χ0) is 21.9. The van der Waals surface area contributed by atoms with E-state index in [9.17, 15) is 4.79 Å². The van der Waals surface area contributed by atoms with Crippen LogP contribution in [0.3, 0.4) is 0 Å². The molecular formula is C25H28N3O3S+. The van der Waals surface area contributed by atoms with Gasteiger partial charge in [-0.2, -0.15) is 0 Å². The number of rotatable bonds is 7. The van der Waals surface area contributed by atoms with Crippen molar-refractivity contribution in [3.63, 3.8) is 0 Å². The molecule has 3 aromatic rings. The van der Waals surface area contributed by atoms with Crippen LogP contribution in [-0.4, -0.2) is 53.9 Å². The highest BCUT2D eigenvalue weighted by Crippen LogP contribution is 2.40. The molecule has 32 heavy (non-hydrogen) atoms. The fourth-order valence-corrected chi connectivity index (χ4v) is 5.59. The Morgan fingerprint density at radius 2 is 1.66 bits per heavy atom. The number of quaternary nitrogens is 1. The maximum atomic E-state index is 12.8. The zero-order valence-electron chi connectivity index (χ0n) is 18.0. The molecule has 2 bridgehead atoms. The molecule has 0 unspecified atom stereocenters. The third kappa shape index (κ3) is 4.49. The first-order chi connectivity index (χ1) is 15.7. The van der Waals surface area contributed by atoms with Crippen LogP contribution in [0.1, 0.15) is 19.3 Å². The van der Waals surface area contributed by atoms with Crippen LogP contribution in [0.5, 0.6) is 5.75 Å². The number of hydrogen-bond donors (Lipinski definition) is 1. The predicted octanol–water partition coefficient (Wildman–Crippen LogP) is 5.19. The molecule has 2 aromatic carbocycles. The van der Waals surface area contributed by atoms with Gasteiger partial charge in [-0.3, -0.25) is 5.32 Å². The minimum Gasteiger partial charge on any atom is -0.488 e. The zero-order valence-corrected chi connectivity index (χ0v) is 18.9. The van der Waals surface area contributed by atoms with E-state index in [-0.39, 0.29) is 5.60 Å². The summed E-state index contributed by atoms with van der Waals surface area (Å²) >= 11 is 1.51. The number of nitrogens with zero attached hydrogens (tertiary/aromatic N) is 2. The van der Waals surface area contributed by atoms with E-state index in [1.54, 1.807) is 5.51 Å². The number of benzene rings is 2. The van der Waals surface area contributed by atoms with Crippen molar-refractivity contribution in [2.45, 2.75) is 24.9 Å². The van der Waals surface area contributed by atoms with Crippen LogP contribution in [0.4, 0.5) is 10.6 Å². The number of carbonyl (C=O) groups excluding carboxylic acids is 1. The molecule has 1 amide bonds. The molecule has 3 aliphatic rings. The lowest BCUT2D eigenvalue weighted by Crippen LogP contribution is -2.66. The van der Waals surface area contributed by atoms with E-state index in [0.717, 1.165) is 66.1 Å². The Bertz CT molecular complexity index is 1030. The summed E-state index contributed by atoms with van der Waals surface area (Å²) in [6.07, 6.45) is 2.29. The Labute approximate surface area is 192 Å². The Balaban J connectivity index is 1.15. The fraction of sp³-hybridized carbons (Fsp3) is 0.360. The lowest BCUT2D eigenvalue weighted by atomic mass is 9.81. The second-order valence-corrected chi connectivity index (χ2v) is 9.60. The summed E-state index contributed by atoms with van der Waals surface area (Å²) < 4.78 is 13.0. The number of ether oxygens (including phenoxy) is 2. The molecule has 7 heteroatoms. The lowest BCUT2D eigenvalue weighted by Gasteiger charge is -2.53. The molecule has 6 nitrogen and oxygen atoms in total. The number of carbonyl (C=O) groups is 1. The number of hydrogen-bond acceptors (Lipinski definition) is 5. The molecule has 0 radical (unpaired) electrons. The first kappa shape index (κ1) is 21.0. The van der Waals surface area contributed by atoms with E-state index in [1.165, 1.54) is 11.3 Å². The maximum absolute atomic E-state index is 12.8. The highest BCUT2D eigenvalue weighted by Gasteiger charge is 2.51. The molecule has 0 saturated carbocycles. The van der Waals surface area contributed by atoms with Gasteiger partial charge in [-0.15, -0.1) is 11.3 Å². The first-order valence-electron chi connectivity index (χ1n) is 11.2. The van der Waals surface area contributed by atoms with Crippen molar-refractivity contribution in [1.82, 2.24) is 4.98 Å². The molecule has 0 atom stereocenters. The SMILES string of the molecule is O=C(Nc1ncsc1-c1ccccc1)OC12CC[N+](CCOc3ccccc3)(CC1)CC2. The predicted molar refractivity (Wildman–Crippen MR) is 126 cm³/mol. The van der Waals surface area contributed by atoms with Crippen LogP contribution in [0, 0.1) is 0 Å². The number of para-hydroxylation sites is 1. The van der Waals surface area contributed by atoms with Crippen molar-refractivity contribution in [3.05, 3.63) is 66.2 Å². The molecule has 3 fully saturated rings. The Kier molecular flexibility index (Phi) is 5.85. The summed E-state index contributed by atoms with van der Waals surface area (Å²) in [6, 6.07) is 20.0. The van der Waals surface area contributed by atoms with Crippen LogP contribution in [0.2, 0.25) is 0 Å². The second kappa shape index (κ2) is 8.92. The van der Waals surface area contributed by atoms with Crippen molar-refractivity contribution in [3.8, 4) is 16.2 Å². The first-order valence-corrected chi connectivity index (χ1v) is 12.1. The molecule has 0 aliphatic carbocycles. The van der Waals surface area contributed by atoms with Crippen LogP contribution in [-0.2, 0) is 4.74 Å². The molecule has 3 aliphatic heterocycles. The number of fused-ring (bicyclic) bond motifs is 3. The number of thiazole rings is 1. The molecule has 1 aromatic heterocycles. The van der Waals surface area contributed by atoms with Gasteiger partial charge in [-0.1, -0.05) is 48.5 Å². The van der Waals surface area contributed by atoms with E-state index < -0.39 is 6.09 Å². The van der Waals surface area contributed by atoms with Gasteiger partial charge in [0.1, 0.15) is 24.5 Å². The van der Waals surface area contributed by atoms with Crippen molar-refractivity contribution in [2.75, 3.05) is 38.1 Å². The minimum atomic E-state index is -0.401. The van der Waals surface area contributed by atoms with Crippen molar-refractivity contribution < 1.29 is 18.8 Å². The standard InChI is InChI=1S/C25H27N3O3S/c29-24(27-23-22(32-19-26-23)20-7-3-1-4-8-20)31-25-11-14-28(15-12-25,16-13-25)17-18-30-21-9-5-2-6-10-21/h1-10,19H,11-18H2/p+1. The molecule has 3 saturated heterocycles. The molecule has 1 N–H and O–H groups in total. The lowest BCUT2D eigenvalue weighted by molar-refractivity contribution is -0.944. The van der Waals surface area contributed by atoms with Crippen LogP contribution >= 0.6 is 11.3 Å². The van der Waals surface area contributed by atoms with Gasteiger partial charge in [0.2, 0.25) is 0 Å². The second-order valence-electron chi connectivity index (χ2n) is 8.74.